The Hall–Kier alpha value is -0.450. The van der Waals surface area contributed by atoms with Crippen LogP contribution in [0.1, 0.15) is 25.8 Å². The Labute approximate surface area is 110 Å². The van der Waals surface area contributed by atoms with E-state index in [-0.39, 0.29) is 11.9 Å². The summed E-state index contributed by atoms with van der Waals surface area (Å²) in [7, 11) is 0. The van der Waals surface area contributed by atoms with Gasteiger partial charge >= 0.3 is 0 Å². The molecule has 2 unspecified atom stereocenters. The van der Waals surface area contributed by atoms with Crippen molar-refractivity contribution in [1.29, 1.82) is 0 Å². The first-order chi connectivity index (χ1) is 7.94. The van der Waals surface area contributed by atoms with Crippen LogP contribution in [0.25, 0.3) is 0 Å². The Morgan fingerprint density at radius 3 is 2.71 bits per heavy atom. The minimum absolute atomic E-state index is 0.224. The van der Waals surface area contributed by atoms with Crippen LogP contribution in [0.4, 0.5) is 4.39 Å². The van der Waals surface area contributed by atoms with Crippen molar-refractivity contribution in [3.8, 4) is 0 Å². The lowest BCUT2D eigenvalue weighted by Crippen LogP contribution is -2.39. The Morgan fingerprint density at radius 2 is 2.24 bits per heavy atom. The van der Waals surface area contributed by atoms with Crippen molar-refractivity contribution in [2.75, 3.05) is 0 Å². The van der Waals surface area contributed by atoms with Crippen LogP contribution in [-0.2, 0) is 6.42 Å². The third-order valence-electron chi connectivity index (χ3n) is 3.73. The van der Waals surface area contributed by atoms with E-state index < -0.39 is 0 Å². The number of halogens is 2. The van der Waals surface area contributed by atoms with Gasteiger partial charge in [-0.15, -0.1) is 0 Å². The van der Waals surface area contributed by atoms with Gasteiger partial charge in [0.15, 0.2) is 0 Å². The molecular formula is C13H18BrFN2. The number of benzene rings is 1. The van der Waals surface area contributed by atoms with E-state index in [0.29, 0.717) is 15.8 Å². The Balaban J connectivity index is 2.06. The molecule has 2 nitrogen and oxygen atoms in total. The summed E-state index contributed by atoms with van der Waals surface area (Å²) in [6.07, 6.45) is 2.04. The van der Waals surface area contributed by atoms with Gasteiger partial charge in [-0.3, -0.25) is 11.3 Å². The summed E-state index contributed by atoms with van der Waals surface area (Å²) in [5.74, 6) is 6.00. The molecule has 2 rings (SSSR count). The maximum Gasteiger partial charge on any atom is 0.137 e. The zero-order valence-corrected chi connectivity index (χ0v) is 11.7. The van der Waals surface area contributed by atoms with Gasteiger partial charge in [0.05, 0.1) is 4.47 Å². The lowest BCUT2D eigenvalue weighted by molar-refractivity contribution is 0.408. The highest BCUT2D eigenvalue weighted by Gasteiger charge is 2.49. The smallest absolute Gasteiger partial charge is 0.137 e. The second kappa shape index (κ2) is 4.67. The van der Waals surface area contributed by atoms with E-state index in [0.717, 1.165) is 12.0 Å². The van der Waals surface area contributed by atoms with E-state index in [1.807, 2.05) is 12.1 Å². The molecule has 4 heteroatoms. The molecule has 1 aromatic rings. The van der Waals surface area contributed by atoms with Gasteiger partial charge in [0.2, 0.25) is 0 Å². The molecule has 0 saturated heterocycles. The first-order valence-corrected chi connectivity index (χ1v) is 6.63. The standard InChI is InChI=1S/C13H18BrFN2/c1-13(2)7-9(13)12(17-16)6-8-3-4-11(15)10(14)5-8/h3-5,9,12,17H,6-7,16H2,1-2H3. The largest absolute Gasteiger partial charge is 0.271 e. The van der Waals surface area contributed by atoms with E-state index in [1.54, 1.807) is 0 Å². The van der Waals surface area contributed by atoms with Crippen LogP contribution >= 0.6 is 15.9 Å². The average molecular weight is 301 g/mol. The molecule has 1 fully saturated rings. The van der Waals surface area contributed by atoms with Crippen LogP contribution in [-0.4, -0.2) is 6.04 Å². The summed E-state index contributed by atoms with van der Waals surface area (Å²) in [6.45, 7) is 4.51. The van der Waals surface area contributed by atoms with Gasteiger partial charge in [-0.2, -0.15) is 0 Å². The molecule has 2 atom stereocenters. The maximum absolute atomic E-state index is 13.1. The molecule has 0 heterocycles. The van der Waals surface area contributed by atoms with E-state index in [2.05, 4.69) is 35.2 Å². The molecule has 0 spiro atoms. The second-order valence-corrected chi connectivity index (χ2v) is 6.38. The van der Waals surface area contributed by atoms with Crippen LogP contribution in [0.2, 0.25) is 0 Å². The SMILES string of the molecule is CC1(C)CC1C(Cc1ccc(F)c(Br)c1)NN. The Kier molecular flexibility index (Phi) is 3.57. The summed E-state index contributed by atoms with van der Waals surface area (Å²) in [6, 6.07) is 5.40. The number of nitrogens with one attached hydrogen (secondary N) is 1. The molecule has 0 radical (unpaired) electrons. The van der Waals surface area contributed by atoms with Gasteiger partial charge in [0, 0.05) is 6.04 Å². The highest BCUT2D eigenvalue weighted by Crippen LogP contribution is 2.53. The summed E-state index contributed by atoms with van der Waals surface area (Å²) >= 11 is 3.21. The van der Waals surface area contributed by atoms with Crippen molar-refractivity contribution < 1.29 is 4.39 Å². The lowest BCUT2D eigenvalue weighted by atomic mass is 9.98. The lowest BCUT2D eigenvalue weighted by Gasteiger charge is -2.18. The molecule has 1 aliphatic carbocycles. The molecule has 3 N–H and O–H groups in total. The Morgan fingerprint density at radius 1 is 1.59 bits per heavy atom. The van der Waals surface area contributed by atoms with E-state index >= 15 is 0 Å². The van der Waals surface area contributed by atoms with Gasteiger partial charge in [-0.1, -0.05) is 19.9 Å². The van der Waals surface area contributed by atoms with Crippen LogP contribution in [0.15, 0.2) is 22.7 Å². The van der Waals surface area contributed by atoms with Crippen molar-refractivity contribution in [2.24, 2.45) is 17.2 Å². The minimum atomic E-state index is -0.224. The first kappa shape index (κ1) is 13.0. The van der Waals surface area contributed by atoms with Gasteiger partial charge in [-0.25, -0.2) is 4.39 Å². The minimum Gasteiger partial charge on any atom is -0.271 e. The van der Waals surface area contributed by atoms with Crippen LogP contribution in [0.3, 0.4) is 0 Å². The number of hydrazine groups is 1. The molecule has 1 saturated carbocycles. The summed E-state index contributed by atoms with van der Waals surface area (Å²) in [5.41, 5.74) is 4.38. The number of hydrogen-bond acceptors (Lipinski definition) is 2. The van der Waals surface area contributed by atoms with Crippen molar-refractivity contribution in [2.45, 2.75) is 32.7 Å². The van der Waals surface area contributed by atoms with Crippen molar-refractivity contribution in [3.05, 3.63) is 34.1 Å². The average Bonchev–Trinajstić information content (AvgIpc) is 2.89. The summed E-state index contributed by atoms with van der Waals surface area (Å²) in [5, 5.41) is 0. The number of nitrogens with two attached hydrogens (primary N) is 1. The zero-order valence-electron chi connectivity index (χ0n) is 10.1. The summed E-state index contributed by atoms with van der Waals surface area (Å²) < 4.78 is 13.6. The van der Waals surface area contributed by atoms with E-state index in [4.69, 9.17) is 5.84 Å². The number of rotatable bonds is 4. The van der Waals surface area contributed by atoms with Crippen LogP contribution in [0, 0.1) is 17.2 Å². The van der Waals surface area contributed by atoms with Crippen molar-refractivity contribution >= 4 is 15.9 Å². The van der Waals surface area contributed by atoms with Gasteiger partial charge in [0.1, 0.15) is 5.82 Å². The molecular weight excluding hydrogens is 283 g/mol. The van der Waals surface area contributed by atoms with Crippen molar-refractivity contribution in [3.63, 3.8) is 0 Å². The number of hydrogen-bond donors (Lipinski definition) is 2. The third kappa shape index (κ3) is 2.87. The Bertz CT molecular complexity index is 420. The third-order valence-corrected chi connectivity index (χ3v) is 4.34. The van der Waals surface area contributed by atoms with E-state index in [1.165, 1.54) is 12.5 Å². The molecule has 0 amide bonds. The topological polar surface area (TPSA) is 38.0 Å². The normalized spacial score (nSPS) is 23.5. The maximum atomic E-state index is 13.1. The first-order valence-electron chi connectivity index (χ1n) is 5.84. The molecule has 94 valence electrons. The van der Waals surface area contributed by atoms with Crippen LogP contribution in [0.5, 0.6) is 0 Å². The van der Waals surface area contributed by atoms with E-state index in [9.17, 15) is 4.39 Å². The second-order valence-electron chi connectivity index (χ2n) is 5.52. The molecule has 0 aliphatic heterocycles. The summed E-state index contributed by atoms with van der Waals surface area (Å²) in [4.78, 5) is 0. The monoisotopic (exact) mass is 300 g/mol. The molecule has 0 bridgehead atoms. The fourth-order valence-corrected chi connectivity index (χ4v) is 2.86. The highest BCUT2D eigenvalue weighted by molar-refractivity contribution is 9.10. The highest BCUT2D eigenvalue weighted by atomic mass is 79.9. The van der Waals surface area contributed by atoms with Gasteiger partial charge < -0.3 is 0 Å². The quantitative estimate of drug-likeness (QED) is 0.663. The fourth-order valence-electron chi connectivity index (χ4n) is 2.43. The van der Waals surface area contributed by atoms with Crippen molar-refractivity contribution in [1.82, 2.24) is 5.43 Å². The molecule has 17 heavy (non-hydrogen) atoms. The predicted molar refractivity (Wildman–Crippen MR) is 70.8 cm³/mol. The van der Waals surface area contributed by atoms with Crippen LogP contribution < -0.4 is 11.3 Å². The predicted octanol–water partition coefficient (Wildman–Crippen LogP) is 3.01. The molecule has 1 aromatic carbocycles. The van der Waals surface area contributed by atoms with Gasteiger partial charge in [0.25, 0.3) is 0 Å². The fraction of sp³-hybridized carbons (Fsp3) is 0.538. The zero-order chi connectivity index (χ0) is 12.6. The molecule has 0 aromatic heterocycles. The molecule has 1 aliphatic rings. The van der Waals surface area contributed by atoms with Gasteiger partial charge in [-0.05, 0) is 57.8 Å².